The number of hydrogen-bond donors (Lipinski definition) is 9. The number of aromatic hydroxyl groups is 2. The van der Waals surface area contributed by atoms with Crippen molar-refractivity contribution in [3.63, 3.8) is 0 Å². The normalized spacial score (nSPS) is 18.2. The number of phenols is 2. The first kappa shape index (κ1) is 39.7. The molecule has 20 nitrogen and oxygen atoms in total. The number of aromatic nitrogens is 2. The number of amides is 4. The van der Waals surface area contributed by atoms with E-state index in [0.717, 1.165) is 28.8 Å². The fourth-order valence-electron chi connectivity index (χ4n) is 5.03. The van der Waals surface area contributed by atoms with Crippen molar-refractivity contribution < 1.29 is 58.6 Å². The Bertz CT molecular complexity index is 2150. The van der Waals surface area contributed by atoms with Crippen LogP contribution in [0.5, 0.6) is 11.5 Å². The first-order chi connectivity index (χ1) is 26.0. The number of oxime groups is 1. The van der Waals surface area contributed by atoms with Crippen LogP contribution in [-0.4, -0.2) is 101 Å². The molecule has 0 aliphatic carbocycles. The molecule has 1 unspecified atom stereocenters. The fourth-order valence-corrected chi connectivity index (χ4v) is 6.97. The maximum Gasteiger partial charge on any atom is 0.352 e. The van der Waals surface area contributed by atoms with Crippen LogP contribution in [0.2, 0.25) is 0 Å². The van der Waals surface area contributed by atoms with Gasteiger partial charge in [0.05, 0.1) is 11.6 Å². The zero-order valence-electron chi connectivity index (χ0n) is 28.9. The molecule has 1 fully saturated rings. The molecule has 5 rings (SSSR count). The summed E-state index contributed by atoms with van der Waals surface area (Å²) in [7, 11) is 0. The Labute approximate surface area is 319 Å². The van der Waals surface area contributed by atoms with Crippen molar-refractivity contribution in [1.82, 2.24) is 20.5 Å². The number of phenolic OH excluding ortho intramolecular Hbond substituents is 2. The smallest absolute Gasteiger partial charge is 0.352 e. The first-order valence-corrected chi connectivity index (χ1v) is 17.9. The number of nitrogens with one attached hydrogen (secondary N) is 3. The van der Waals surface area contributed by atoms with Crippen LogP contribution >= 0.6 is 23.5 Å². The molecule has 4 heterocycles. The second-order valence-corrected chi connectivity index (χ2v) is 14.4. The van der Waals surface area contributed by atoms with Gasteiger partial charge in [-0.3, -0.25) is 24.1 Å². The SMILES string of the molecule is CC(C)(O/N=C(\C(=O)N[C@@H]1C(=O)N2C(C(=O)O)=C(C[n+]3cnc(N)c(NC(=O)CNC(=O)c4ccc(O)c(O)c4)c3)CSC12)C1=CSC(N)=CC=C1)C(=O)O. The summed E-state index contributed by atoms with van der Waals surface area (Å²) < 4.78 is 1.43. The third-order valence-electron chi connectivity index (χ3n) is 7.97. The number of fused-ring (bicyclic) bond motifs is 1. The van der Waals surface area contributed by atoms with E-state index >= 15 is 0 Å². The molecule has 55 heavy (non-hydrogen) atoms. The number of carbonyl (C=O) groups excluding carboxylic acids is 4. The molecular formula is C33H34N9O11S2+. The Hall–Kier alpha value is -6.55. The number of hydrogen-bond acceptors (Lipinski definition) is 15. The van der Waals surface area contributed by atoms with Crippen molar-refractivity contribution in [3.05, 3.63) is 81.8 Å². The van der Waals surface area contributed by atoms with Crippen molar-refractivity contribution in [2.24, 2.45) is 10.9 Å². The molecule has 288 valence electrons. The molecule has 1 saturated heterocycles. The van der Waals surface area contributed by atoms with Crippen LogP contribution in [0.3, 0.4) is 0 Å². The largest absolute Gasteiger partial charge is 0.504 e. The van der Waals surface area contributed by atoms with Crippen LogP contribution in [-0.2, 0) is 35.4 Å². The number of nitrogens with zero attached hydrogens (tertiary/aromatic N) is 4. The quantitative estimate of drug-likeness (QED) is 0.0413. The minimum atomic E-state index is -1.81. The summed E-state index contributed by atoms with van der Waals surface area (Å²) in [5, 5.41) is 51.1. The van der Waals surface area contributed by atoms with E-state index in [4.69, 9.17) is 16.3 Å². The number of β-lactam (4-membered cyclic amide) rings is 1. The summed E-state index contributed by atoms with van der Waals surface area (Å²) in [5.41, 5.74) is 9.86. The van der Waals surface area contributed by atoms with Crippen LogP contribution in [0.25, 0.3) is 0 Å². The van der Waals surface area contributed by atoms with E-state index in [9.17, 15) is 49.2 Å². The number of aliphatic carboxylic acids is 2. The van der Waals surface area contributed by atoms with E-state index in [1.54, 1.807) is 12.2 Å². The van der Waals surface area contributed by atoms with Gasteiger partial charge >= 0.3 is 11.9 Å². The van der Waals surface area contributed by atoms with Gasteiger partial charge in [0, 0.05) is 22.5 Å². The molecule has 3 aliphatic heterocycles. The molecule has 2 aromatic rings. The third kappa shape index (κ3) is 8.98. The molecule has 22 heteroatoms. The van der Waals surface area contributed by atoms with E-state index in [0.29, 0.717) is 10.6 Å². The Morgan fingerprint density at radius 2 is 1.89 bits per heavy atom. The highest BCUT2D eigenvalue weighted by atomic mass is 32.2. The number of anilines is 2. The summed E-state index contributed by atoms with van der Waals surface area (Å²) >= 11 is 2.25. The summed E-state index contributed by atoms with van der Waals surface area (Å²) in [6.45, 7) is 1.87. The number of carbonyl (C=O) groups is 6. The van der Waals surface area contributed by atoms with Crippen molar-refractivity contribution in [1.29, 1.82) is 0 Å². The molecule has 3 aliphatic rings. The van der Waals surface area contributed by atoms with Gasteiger partial charge in [0.25, 0.3) is 29.9 Å². The van der Waals surface area contributed by atoms with Crippen molar-refractivity contribution in [2.75, 3.05) is 23.3 Å². The predicted molar refractivity (Wildman–Crippen MR) is 197 cm³/mol. The van der Waals surface area contributed by atoms with E-state index < -0.39 is 70.6 Å². The van der Waals surface area contributed by atoms with Crippen molar-refractivity contribution in [3.8, 4) is 11.5 Å². The van der Waals surface area contributed by atoms with Crippen LogP contribution < -0.4 is 32.0 Å². The summed E-state index contributed by atoms with van der Waals surface area (Å²) in [6, 6.07) is 2.21. The van der Waals surface area contributed by atoms with Gasteiger partial charge in [-0.2, -0.15) is 0 Å². The lowest BCUT2D eigenvalue weighted by Crippen LogP contribution is -2.71. The summed E-state index contributed by atoms with van der Waals surface area (Å²) in [6.07, 6.45) is 7.29. The lowest BCUT2D eigenvalue weighted by atomic mass is 10.0. The lowest BCUT2D eigenvalue weighted by molar-refractivity contribution is -0.691. The first-order valence-electron chi connectivity index (χ1n) is 15.9. The average Bonchev–Trinajstić information content (AvgIpc) is 3.35. The van der Waals surface area contributed by atoms with Gasteiger partial charge in [-0.25, -0.2) is 14.2 Å². The minimum absolute atomic E-state index is 0.00977. The van der Waals surface area contributed by atoms with Gasteiger partial charge in [-0.05, 0) is 48.5 Å². The van der Waals surface area contributed by atoms with E-state index in [1.807, 2.05) is 0 Å². The Kier molecular flexibility index (Phi) is 11.7. The second kappa shape index (κ2) is 16.2. The van der Waals surface area contributed by atoms with E-state index in [-0.39, 0.29) is 46.3 Å². The Morgan fingerprint density at radius 3 is 2.58 bits per heavy atom. The number of carboxylic acid groups (broad SMARTS) is 2. The molecule has 2 atom stereocenters. The molecular weight excluding hydrogens is 763 g/mol. The predicted octanol–water partition coefficient (Wildman–Crippen LogP) is -0.308. The second-order valence-electron chi connectivity index (χ2n) is 12.4. The Morgan fingerprint density at radius 1 is 1.15 bits per heavy atom. The maximum atomic E-state index is 13.6. The number of nitrogens with two attached hydrogens (primary N) is 2. The fraction of sp³-hybridized carbons (Fsp3) is 0.242. The number of rotatable bonds is 13. The molecule has 4 amide bonds. The summed E-state index contributed by atoms with van der Waals surface area (Å²) in [5.74, 6) is -6.69. The number of carboxylic acids is 2. The van der Waals surface area contributed by atoms with E-state index in [2.05, 4.69) is 26.1 Å². The van der Waals surface area contributed by atoms with Gasteiger partial charge in [0.1, 0.15) is 29.9 Å². The molecule has 1 aromatic carbocycles. The number of benzene rings is 1. The van der Waals surface area contributed by atoms with Crippen molar-refractivity contribution in [2.45, 2.75) is 37.4 Å². The lowest BCUT2D eigenvalue weighted by Gasteiger charge is -2.49. The average molecular weight is 797 g/mol. The van der Waals surface area contributed by atoms with Crippen molar-refractivity contribution >= 4 is 76.3 Å². The zero-order chi connectivity index (χ0) is 40.2. The standard InChI is InChI=1S/C33H33N9O11S2/c1-33(2,32(51)52)53-40-23(16-4-3-5-21(34)54-12-16)28(47)39-24-29(48)42-25(31(49)50)17(13-55-30(24)42)10-41-11-18(26(35)37-14-41)38-22(45)9-36-27(46)15-6-7-19(43)20(44)8-15/h3-8,11-12,14,24,30,35H,9-10,13,34H2,1-2H3,(H7,36,38,39,40,43,44,45,46,47,49,50,51,52)/p+1/t24-,30?/m1/s1. The third-order valence-corrected chi connectivity index (χ3v) is 10.1. The van der Waals surface area contributed by atoms with Gasteiger partial charge < -0.3 is 52.7 Å². The highest BCUT2D eigenvalue weighted by Gasteiger charge is 2.54. The van der Waals surface area contributed by atoms with Crippen LogP contribution in [0.15, 0.2) is 81.4 Å². The minimum Gasteiger partial charge on any atom is -0.504 e. The highest BCUT2D eigenvalue weighted by molar-refractivity contribution is 8.05. The molecule has 1 aromatic heterocycles. The zero-order valence-corrected chi connectivity index (χ0v) is 30.5. The van der Waals surface area contributed by atoms with Crippen LogP contribution in [0.4, 0.5) is 11.5 Å². The number of allylic oxidation sites excluding steroid dienone is 3. The van der Waals surface area contributed by atoms with Gasteiger partial charge in [0.2, 0.25) is 11.5 Å². The Balaban J connectivity index is 1.28. The monoisotopic (exact) mass is 796 g/mol. The van der Waals surface area contributed by atoms with Gasteiger partial charge in [-0.1, -0.05) is 29.1 Å². The number of nitrogen functional groups attached to an aromatic ring is 1. The van der Waals surface area contributed by atoms with Crippen LogP contribution in [0, 0.1) is 0 Å². The van der Waals surface area contributed by atoms with Crippen LogP contribution in [0.1, 0.15) is 24.2 Å². The topological polar surface area (TPSA) is 313 Å². The molecule has 0 bridgehead atoms. The molecule has 0 saturated carbocycles. The van der Waals surface area contributed by atoms with Gasteiger partial charge in [-0.15, -0.1) is 11.8 Å². The molecule has 0 radical (unpaired) electrons. The maximum absolute atomic E-state index is 13.6. The highest BCUT2D eigenvalue weighted by Crippen LogP contribution is 2.40. The number of thioether (sulfide) groups is 2. The molecule has 11 N–H and O–H groups in total. The van der Waals surface area contributed by atoms with Gasteiger partial charge in [0.15, 0.2) is 22.9 Å². The summed E-state index contributed by atoms with van der Waals surface area (Å²) in [4.78, 5) is 86.5. The molecule has 0 spiro atoms. The van der Waals surface area contributed by atoms with E-state index in [1.165, 1.54) is 60.3 Å².